The summed E-state index contributed by atoms with van der Waals surface area (Å²) >= 11 is 6.44. The quantitative estimate of drug-likeness (QED) is 0.492. The molecule has 0 unspecified atom stereocenters. The monoisotopic (exact) mass is 464 g/mol. The van der Waals surface area contributed by atoms with Crippen molar-refractivity contribution >= 4 is 32.1 Å². The number of carbonyl (C=O) groups is 1. The molecule has 7 heteroatoms. The standard InChI is InChI=1S/C21H21ClN2O3Se/c1-13(2)27-18-8-7-16(9-17(18)22)21-24-11-19(28-21)15-5-3-14(4-6-15)10-23-12-20(25)26/h3-9,11,13,23H,10,12H2,1-2H3,(H,25,26). The van der Waals surface area contributed by atoms with Crippen LogP contribution in [0.4, 0.5) is 0 Å². The molecule has 28 heavy (non-hydrogen) atoms. The van der Waals surface area contributed by atoms with E-state index in [1.165, 1.54) is 4.44 Å². The molecular formula is C21H21ClN2O3Se. The first-order valence-corrected chi connectivity index (χ1v) is 11.0. The molecular weight excluding hydrogens is 443 g/mol. The van der Waals surface area contributed by atoms with Crippen LogP contribution in [0.25, 0.3) is 20.1 Å². The molecule has 0 saturated carbocycles. The molecule has 146 valence electrons. The van der Waals surface area contributed by atoms with E-state index in [1.54, 1.807) is 0 Å². The number of ether oxygens (including phenoxy) is 1. The van der Waals surface area contributed by atoms with Gasteiger partial charge in [0.2, 0.25) is 0 Å². The molecule has 0 aliphatic carbocycles. The predicted octanol–water partition coefficient (Wildman–Crippen LogP) is 4.09. The van der Waals surface area contributed by atoms with Gasteiger partial charge >= 0.3 is 175 Å². The Kier molecular flexibility index (Phi) is 6.92. The van der Waals surface area contributed by atoms with Crippen LogP contribution in [0.5, 0.6) is 5.75 Å². The fraction of sp³-hybridized carbons (Fsp3) is 0.238. The third kappa shape index (κ3) is 5.46. The second kappa shape index (κ2) is 9.39. The van der Waals surface area contributed by atoms with Gasteiger partial charge in [-0.2, -0.15) is 0 Å². The number of benzene rings is 2. The van der Waals surface area contributed by atoms with Crippen molar-refractivity contribution in [2.75, 3.05) is 6.54 Å². The van der Waals surface area contributed by atoms with Gasteiger partial charge in [-0.1, -0.05) is 0 Å². The van der Waals surface area contributed by atoms with Gasteiger partial charge in [-0.15, -0.1) is 0 Å². The Labute approximate surface area is 175 Å². The summed E-state index contributed by atoms with van der Waals surface area (Å²) in [6, 6.07) is 13.9. The first-order chi connectivity index (χ1) is 13.4. The molecule has 3 aromatic rings. The molecule has 0 aliphatic heterocycles. The molecule has 0 fully saturated rings. The van der Waals surface area contributed by atoms with Crippen molar-refractivity contribution in [3.8, 4) is 25.9 Å². The van der Waals surface area contributed by atoms with Gasteiger partial charge in [0.05, 0.1) is 0 Å². The zero-order valence-electron chi connectivity index (χ0n) is 15.6. The number of halogens is 1. The normalized spacial score (nSPS) is 11.0. The number of hydrogen-bond donors (Lipinski definition) is 2. The molecule has 0 atom stereocenters. The van der Waals surface area contributed by atoms with Gasteiger partial charge in [0.15, 0.2) is 0 Å². The van der Waals surface area contributed by atoms with Crippen molar-refractivity contribution in [2.24, 2.45) is 0 Å². The van der Waals surface area contributed by atoms with Crippen molar-refractivity contribution in [3.63, 3.8) is 0 Å². The van der Waals surface area contributed by atoms with E-state index in [4.69, 9.17) is 21.4 Å². The van der Waals surface area contributed by atoms with E-state index in [-0.39, 0.29) is 27.2 Å². The molecule has 0 aliphatic rings. The topological polar surface area (TPSA) is 71.5 Å². The molecule has 0 saturated heterocycles. The molecule has 5 nitrogen and oxygen atoms in total. The van der Waals surface area contributed by atoms with Gasteiger partial charge in [0.1, 0.15) is 0 Å². The zero-order chi connectivity index (χ0) is 20.1. The molecule has 0 radical (unpaired) electrons. The Morgan fingerprint density at radius 2 is 1.93 bits per heavy atom. The van der Waals surface area contributed by atoms with Crippen molar-refractivity contribution in [3.05, 3.63) is 59.2 Å². The summed E-state index contributed by atoms with van der Waals surface area (Å²) in [6.07, 6.45) is 1.99. The number of nitrogens with one attached hydrogen (secondary N) is 1. The van der Waals surface area contributed by atoms with Crippen molar-refractivity contribution < 1.29 is 14.6 Å². The van der Waals surface area contributed by atoms with Crippen molar-refractivity contribution in [1.29, 1.82) is 0 Å². The molecule has 1 heterocycles. The number of carboxylic acids is 1. The first-order valence-electron chi connectivity index (χ1n) is 8.86. The summed E-state index contributed by atoms with van der Waals surface area (Å²) in [4.78, 5) is 15.1. The van der Waals surface area contributed by atoms with Gasteiger partial charge in [0.25, 0.3) is 0 Å². The Morgan fingerprint density at radius 3 is 2.57 bits per heavy atom. The van der Waals surface area contributed by atoms with E-state index in [0.29, 0.717) is 17.3 Å². The van der Waals surface area contributed by atoms with Crippen LogP contribution in [-0.4, -0.2) is 43.2 Å². The number of nitrogens with zero attached hydrogens (tertiary/aromatic N) is 1. The average molecular weight is 464 g/mol. The third-order valence-corrected chi connectivity index (χ3v) is 6.48. The predicted molar refractivity (Wildman–Crippen MR) is 112 cm³/mol. The summed E-state index contributed by atoms with van der Waals surface area (Å²) in [5.41, 5.74) is 3.19. The number of aliphatic carboxylic acids is 1. The Morgan fingerprint density at radius 1 is 1.21 bits per heavy atom. The summed E-state index contributed by atoms with van der Waals surface area (Å²) in [7, 11) is 0. The Hall–Kier alpha value is -2.11. The Balaban J connectivity index is 1.71. The average Bonchev–Trinajstić information content (AvgIpc) is 3.13. The first kappa shape index (κ1) is 20.6. The van der Waals surface area contributed by atoms with Gasteiger partial charge in [-0.3, -0.25) is 0 Å². The summed E-state index contributed by atoms with van der Waals surface area (Å²) in [5, 5.41) is 12.2. The van der Waals surface area contributed by atoms with E-state index in [0.717, 1.165) is 21.3 Å². The summed E-state index contributed by atoms with van der Waals surface area (Å²) < 4.78 is 7.92. The van der Waals surface area contributed by atoms with Gasteiger partial charge in [0, 0.05) is 0 Å². The van der Waals surface area contributed by atoms with Gasteiger partial charge in [-0.05, 0) is 0 Å². The van der Waals surface area contributed by atoms with E-state index >= 15 is 0 Å². The van der Waals surface area contributed by atoms with Crippen LogP contribution in [-0.2, 0) is 11.3 Å². The van der Waals surface area contributed by atoms with Crippen LogP contribution in [0.2, 0.25) is 5.02 Å². The van der Waals surface area contributed by atoms with E-state index in [1.807, 2.05) is 50.4 Å². The van der Waals surface area contributed by atoms with Gasteiger partial charge < -0.3 is 0 Å². The molecule has 0 spiro atoms. The fourth-order valence-electron chi connectivity index (χ4n) is 2.63. The molecule has 2 aromatic carbocycles. The molecule has 0 amide bonds. The second-order valence-corrected chi connectivity index (χ2v) is 9.11. The maximum atomic E-state index is 10.6. The molecule has 2 N–H and O–H groups in total. The SMILES string of the molecule is CC(C)Oc1ccc(-c2ncc(-c3ccc(CNCC(=O)O)cc3)[se]2)cc1Cl. The van der Waals surface area contributed by atoms with Crippen LogP contribution in [0.15, 0.2) is 48.7 Å². The molecule has 0 bridgehead atoms. The fourth-order valence-corrected chi connectivity index (χ4v) is 4.78. The zero-order valence-corrected chi connectivity index (χ0v) is 18.1. The number of rotatable bonds is 8. The van der Waals surface area contributed by atoms with Crippen LogP contribution in [0, 0.1) is 0 Å². The van der Waals surface area contributed by atoms with Crippen LogP contribution < -0.4 is 10.1 Å². The van der Waals surface area contributed by atoms with Crippen LogP contribution in [0.1, 0.15) is 19.4 Å². The summed E-state index contributed by atoms with van der Waals surface area (Å²) in [5.74, 6) is -0.171. The van der Waals surface area contributed by atoms with Crippen molar-refractivity contribution in [1.82, 2.24) is 10.3 Å². The minimum absolute atomic E-state index is 0.0449. The molecule has 3 rings (SSSR count). The molecule has 1 aromatic heterocycles. The van der Waals surface area contributed by atoms with Crippen LogP contribution in [0.3, 0.4) is 0 Å². The van der Waals surface area contributed by atoms with Crippen molar-refractivity contribution in [2.45, 2.75) is 26.5 Å². The summed E-state index contributed by atoms with van der Waals surface area (Å²) in [6.45, 7) is 4.43. The number of aromatic nitrogens is 1. The number of hydrogen-bond acceptors (Lipinski definition) is 4. The third-order valence-electron chi connectivity index (χ3n) is 3.89. The van der Waals surface area contributed by atoms with E-state index in [9.17, 15) is 4.79 Å². The maximum absolute atomic E-state index is 10.6. The van der Waals surface area contributed by atoms with Crippen LogP contribution >= 0.6 is 11.6 Å². The number of carboxylic acid groups (broad SMARTS) is 1. The van der Waals surface area contributed by atoms with E-state index in [2.05, 4.69) is 22.4 Å². The second-order valence-electron chi connectivity index (χ2n) is 6.54. The Bertz CT molecular complexity index is 955. The minimum atomic E-state index is -0.857. The van der Waals surface area contributed by atoms with E-state index < -0.39 is 5.97 Å². The van der Waals surface area contributed by atoms with Gasteiger partial charge in [-0.25, -0.2) is 0 Å².